The Kier molecular flexibility index (Phi) is 31.7. The number of carbonyl (C=O) groups is 2. The number of carbonyl (C=O) groups excluding carboxylic acids is 3. The second-order valence-electron chi connectivity index (χ2n) is 12.8. The van der Waals surface area contributed by atoms with Crippen molar-refractivity contribution in [3.63, 3.8) is 0 Å². The van der Waals surface area contributed by atoms with Gasteiger partial charge in [-0.15, -0.1) is 23.2 Å². The van der Waals surface area contributed by atoms with E-state index in [1.165, 1.54) is 6.08 Å². The maximum absolute atomic E-state index is 12.0. The molecule has 2 atom stereocenters. The predicted octanol–water partition coefficient (Wildman–Crippen LogP) is 8.66. The fourth-order valence-corrected chi connectivity index (χ4v) is 6.42. The van der Waals surface area contributed by atoms with E-state index in [1.54, 1.807) is 0 Å². The van der Waals surface area contributed by atoms with Gasteiger partial charge in [0.2, 0.25) is 6.08 Å². The summed E-state index contributed by atoms with van der Waals surface area (Å²) < 4.78 is 18.6. The number of hydrogen-bond donors (Lipinski definition) is 6. The van der Waals surface area contributed by atoms with Crippen LogP contribution in [0.15, 0.2) is 73.0 Å². The van der Waals surface area contributed by atoms with Crippen LogP contribution >= 0.6 is 71.0 Å². The van der Waals surface area contributed by atoms with E-state index in [0.29, 0.717) is 43.5 Å². The number of halogens is 6. The van der Waals surface area contributed by atoms with Gasteiger partial charge in [0, 0.05) is 75.6 Å². The number of benzene rings is 3. The fraction of sp³-hybridized carbons (Fsp3) is 0.488. The van der Waals surface area contributed by atoms with Gasteiger partial charge in [-0.05, 0) is 106 Å². The van der Waals surface area contributed by atoms with Crippen molar-refractivity contribution in [1.29, 1.82) is 0 Å². The molecule has 0 saturated carbocycles. The van der Waals surface area contributed by atoms with Gasteiger partial charge in [-0.2, -0.15) is 0 Å². The van der Waals surface area contributed by atoms with Gasteiger partial charge in [0.05, 0.1) is 27.3 Å². The number of aliphatic hydroxyl groups is 2. The second kappa shape index (κ2) is 34.3. The van der Waals surface area contributed by atoms with E-state index >= 15 is 0 Å². The van der Waals surface area contributed by atoms with Crippen LogP contribution < -0.4 is 21.7 Å². The highest BCUT2D eigenvalue weighted by atomic mass is 79.9. The number of urea groups is 1. The smallest absolute Gasteiger partial charge is 0.319 e. The average Bonchev–Trinajstić information content (AvgIpc) is 3.87. The number of rotatable bonds is 11. The SMILES string of the molecule is Cc1c(Br)cccc1CC(=O)CCCN1CC[C@@H](O)C1.Cc1c(Br)cccc1NC(=O)NCCCl.Cc1c(N)cccc1Br.O=C=NCCCl.O[C@@H]1CCNC1.[2H]CF. The highest BCUT2D eigenvalue weighted by Crippen LogP contribution is 2.24. The van der Waals surface area contributed by atoms with Gasteiger partial charge in [0.25, 0.3) is 0 Å². The summed E-state index contributed by atoms with van der Waals surface area (Å²) in [6.07, 6.45) is 4.95. The van der Waals surface area contributed by atoms with Crippen molar-refractivity contribution in [2.45, 2.75) is 65.1 Å². The molecule has 0 aromatic heterocycles. The van der Waals surface area contributed by atoms with E-state index < -0.39 is 7.15 Å². The molecule has 2 aliphatic heterocycles. The summed E-state index contributed by atoms with van der Waals surface area (Å²) in [5.74, 6) is 1.10. The number of Topliss-reactive ketones (excluding diaryl/α,β-unsaturated/α-hetero) is 1. The molecule has 324 valence electrons. The number of β-amino-alcohol motifs (C(OH)–C–C–N with tert-alkyl or cyclic N) is 2. The lowest BCUT2D eigenvalue weighted by atomic mass is 10.0. The molecule has 7 N–H and O–H groups in total. The Hall–Kier alpha value is -2.43. The van der Waals surface area contributed by atoms with Crippen molar-refractivity contribution >= 4 is 100 Å². The Morgan fingerprint density at radius 1 is 0.983 bits per heavy atom. The fourth-order valence-electron chi connectivity index (χ4n) is 5.08. The van der Waals surface area contributed by atoms with Crippen LogP contribution in [0.3, 0.4) is 0 Å². The molecule has 0 radical (unpaired) electrons. The number of likely N-dealkylation sites (tertiary alicyclic amines) is 1. The van der Waals surface area contributed by atoms with Crippen molar-refractivity contribution in [3.8, 4) is 0 Å². The molecule has 0 spiro atoms. The van der Waals surface area contributed by atoms with Gasteiger partial charge < -0.3 is 36.8 Å². The first-order valence-corrected chi connectivity index (χ1v) is 22.0. The highest BCUT2D eigenvalue weighted by Gasteiger charge is 2.19. The Bertz CT molecular complexity index is 1670. The number of aliphatic hydroxyl groups excluding tert-OH is 2. The zero-order valence-corrected chi connectivity index (χ0v) is 39.6. The summed E-state index contributed by atoms with van der Waals surface area (Å²) in [6, 6.07) is 17.2. The van der Waals surface area contributed by atoms with Crippen molar-refractivity contribution in [2.24, 2.45) is 4.99 Å². The standard InChI is InChI=1S/C16H22BrNO2.C10H12BrClN2O.C7H8BrN.C4H9NO.C3H4ClNO.CH3F/c1-12-13(4-2-6-16(12)17)10-14(19)5-3-8-18-9-7-15(20)11-18;1-7-8(11)3-2-4-9(7)14-10(15)13-6-5-12;1-5-6(8)3-2-4-7(5)9;6-4-1-2-5-3-4;4-1-2-5-3-6;1-2/h2,4,6,15,20H,3,5,7-11H2,1H3;2-4H,5-6H2,1H3,(H2,13,14,15);2-4H,9H2,1H3;4-6H,1-3H2;1-2H2;1H3/t15-;;;4-;;/m1..1../s1/i;;;;;1D. The van der Waals surface area contributed by atoms with Gasteiger partial charge in [0.1, 0.15) is 5.78 Å². The molecule has 3 aromatic rings. The molecule has 2 fully saturated rings. The molecule has 3 aromatic carbocycles. The normalized spacial score (nSPS) is 15.3. The molecule has 0 bridgehead atoms. The Morgan fingerprint density at radius 3 is 2.09 bits per heavy atom. The number of hydrogen-bond acceptors (Lipinski definition) is 9. The first-order chi connectivity index (χ1) is 28.1. The number of nitrogens with two attached hydrogens (primary N) is 1. The Balaban J connectivity index is 0.000000756. The third kappa shape index (κ3) is 25.3. The van der Waals surface area contributed by atoms with Crippen LogP contribution in [0.5, 0.6) is 0 Å². The van der Waals surface area contributed by atoms with Crippen LogP contribution in [0.2, 0.25) is 0 Å². The quantitative estimate of drug-likeness (QED) is 0.0480. The second-order valence-corrected chi connectivity index (χ2v) is 16.1. The molecule has 2 aliphatic rings. The summed E-state index contributed by atoms with van der Waals surface area (Å²) in [6.45, 7) is 11.2. The maximum Gasteiger partial charge on any atom is 0.319 e. The van der Waals surface area contributed by atoms with Gasteiger partial charge in [0.15, 0.2) is 0 Å². The molecular formula is C41H58Br3Cl2FN6O5. The van der Waals surface area contributed by atoms with E-state index in [9.17, 15) is 23.9 Å². The van der Waals surface area contributed by atoms with Crippen molar-refractivity contribution < 1.29 is 30.4 Å². The Labute approximate surface area is 379 Å². The molecule has 0 unspecified atom stereocenters. The average molecular weight is 1050 g/mol. The summed E-state index contributed by atoms with van der Waals surface area (Å²) in [5.41, 5.74) is 11.6. The molecule has 0 aliphatic carbocycles. The number of anilines is 2. The van der Waals surface area contributed by atoms with Crippen LogP contribution in [-0.2, 0) is 16.0 Å². The molecule has 11 nitrogen and oxygen atoms in total. The summed E-state index contributed by atoms with van der Waals surface area (Å²) in [4.78, 5) is 38.0. The van der Waals surface area contributed by atoms with Crippen molar-refractivity contribution in [2.75, 3.05) is 75.8 Å². The van der Waals surface area contributed by atoms with E-state index in [0.717, 1.165) is 99.0 Å². The first-order valence-electron chi connectivity index (χ1n) is 19.2. The minimum Gasteiger partial charge on any atom is -0.398 e. The minimum atomic E-state index is -1.00. The maximum atomic E-state index is 12.0. The number of nitrogen functional groups attached to an aromatic ring is 1. The number of amides is 2. The topological polar surface area (TPSA) is 169 Å². The largest absolute Gasteiger partial charge is 0.398 e. The number of aliphatic imine (C=N–C) groups is 1. The Morgan fingerprint density at radius 2 is 1.60 bits per heavy atom. The van der Waals surface area contributed by atoms with E-state index in [4.69, 9.17) is 35.4 Å². The third-order valence-corrected chi connectivity index (χ3v) is 11.4. The van der Waals surface area contributed by atoms with Crippen molar-refractivity contribution in [3.05, 3.63) is 90.3 Å². The van der Waals surface area contributed by atoms with Crippen LogP contribution in [-0.4, -0.2) is 110 Å². The summed E-state index contributed by atoms with van der Waals surface area (Å²) in [7, 11) is -1.00. The molecule has 58 heavy (non-hydrogen) atoms. The van der Waals surface area contributed by atoms with Crippen LogP contribution in [0, 0.1) is 20.8 Å². The molecule has 2 amide bonds. The lowest BCUT2D eigenvalue weighted by Crippen LogP contribution is -2.30. The number of isocyanates is 1. The monoisotopic (exact) mass is 1040 g/mol. The minimum absolute atomic E-state index is 0.0648. The molecule has 17 heteroatoms. The molecular weight excluding hydrogens is 986 g/mol. The zero-order chi connectivity index (χ0) is 44.6. The highest BCUT2D eigenvalue weighted by molar-refractivity contribution is 9.11. The van der Waals surface area contributed by atoms with Crippen LogP contribution in [0.4, 0.5) is 20.6 Å². The molecule has 5 rings (SSSR count). The van der Waals surface area contributed by atoms with Gasteiger partial charge in [-0.1, -0.05) is 72.1 Å². The van der Waals surface area contributed by atoms with Gasteiger partial charge in [-0.3, -0.25) is 9.18 Å². The molecule has 2 saturated heterocycles. The van der Waals surface area contributed by atoms with Crippen LogP contribution in [0.25, 0.3) is 0 Å². The van der Waals surface area contributed by atoms with E-state index in [-0.39, 0.29) is 18.2 Å². The van der Waals surface area contributed by atoms with Gasteiger partial charge >= 0.3 is 6.03 Å². The third-order valence-electron chi connectivity index (χ3n) is 8.45. The van der Waals surface area contributed by atoms with Crippen LogP contribution in [0.1, 0.15) is 49.3 Å². The van der Waals surface area contributed by atoms with E-state index in [2.05, 4.69) is 73.6 Å². The first kappa shape index (κ1) is 53.6. The van der Waals surface area contributed by atoms with Gasteiger partial charge in [-0.25, -0.2) is 14.6 Å². The lowest BCUT2D eigenvalue weighted by Gasteiger charge is -2.14. The number of nitrogens with zero attached hydrogens (tertiary/aromatic N) is 2. The number of ketones is 1. The number of nitrogens with one attached hydrogen (secondary N) is 3. The summed E-state index contributed by atoms with van der Waals surface area (Å²) in [5, 5.41) is 26.5. The lowest BCUT2D eigenvalue weighted by molar-refractivity contribution is -0.118. The zero-order valence-electron chi connectivity index (χ0n) is 34.3. The van der Waals surface area contributed by atoms with E-state index in [1.807, 2.05) is 75.4 Å². The summed E-state index contributed by atoms with van der Waals surface area (Å²) >= 11 is 20.8. The molecule has 2 heterocycles. The predicted molar refractivity (Wildman–Crippen MR) is 248 cm³/mol. The number of alkyl halides is 3. The van der Waals surface area contributed by atoms with Crippen molar-refractivity contribution in [1.82, 2.24) is 15.5 Å².